The van der Waals surface area contributed by atoms with E-state index in [0.717, 1.165) is 31.2 Å². The molecule has 2 aromatic heterocycles. The monoisotopic (exact) mass is 467 g/mol. The zero-order valence-electron chi connectivity index (χ0n) is 19.6. The molecule has 4 rings (SSSR count). The number of methoxy groups -OCH3 is 2. The maximum atomic E-state index is 13.1. The van der Waals surface area contributed by atoms with Crippen LogP contribution in [0.3, 0.4) is 0 Å². The summed E-state index contributed by atoms with van der Waals surface area (Å²) in [6.45, 7) is 0.432. The van der Waals surface area contributed by atoms with Gasteiger partial charge in [0.25, 0.3) is 5.91 Å². The fourth-order valence-corrected chi connectivity index (χ4v) is 4.32. The Kier molecular flexibility index (Phi) is 7.27. The third-order valence-electron chi connectivity index (χ3n) is 6.04. The van der Waals surface area contributed by atoms with Crippen molar-refractivity contribution in [3.63, 3.8) is 0 Å². The zero-order valence-corrected chi connectivity index (χ0v) is 19.6. The van der Waals surface area contributed by atoms with Crippen LogP contribution in [0.2, 0.25) is 0 Å². The van der Waals surface area contributed by atoms with Gasteiger partial charge in [0, 0.05) is 31.0 Å². The van der Waals surface area contributed by atoms with E-state index >= 15 is 0 Å². The zero-order chi connectivity index (χ0) is 24.1. The first kappa shape index (κ1) is 23.5. The average Bonchev–Trinajstić information content (AvgIpc) is 2.88. The van der Waals surface area contributed by atoms with E-state index in [-0.39, 0.29) is 11.6 Å². The van der Waals surface area contributed by atoms with Crippen molar-refractivity contribution in [3.8, 4) is 11.5 Å². The second-order valence-corrected chi connectivity index (χ2v) is 8.21. The number of hydrogen-bond acceptors (Lipinski definition) is 8. The summed E-state index contributed by atoms with van der Waals surface area (Å²) < 4.78 is 12.6. The maximum Gasteiger partial charge on any atom is 0.280 e. The molecule has 1 aliphatic rings. The van der Waals surface area contributed by atoms with Gasteiger partial charge in [-0.05, 0) is 30.5 Å². The molecule has 2 N–H and O–H groups in total. The lowest BCUT2D eigenvalue weighted by atomic mass is 9.95. The number of aromatic nitrogens is 3. The summed E-state index contributed by atoms with van der Waals surface area (Å²) in [6, 6.07) is 5.75. The molecule has 0 radical (unpaired) electrons. The molecule has 10 heteroatoms. The van der Waals surface area contributed by atoms with Gasteiger partial charge in [0.1, 0.15) is 22.7 Å². The molecule has 2 heterocycles. The molecule has 1 fully saturated rings. The van der Waals surface area contributed by atoms with Gasteiger partial charge in [0.05, 0.1) is 26.7 Å². The van der Waals surface area contributed by atoms with Crippen LogP contribution < -0.4 is 25.7 Å². The lowest BCUT2D eigenvalue weighted by molar-refractivity contribution is 0.0535. The minimum absolute atomic E-state index is 0.00714. The van der Waals surface area contributed by atoms with Gasteiger partial charge in [0.2, 0.25) is 11.4 Å². The summed E-state index contributed by atoms with van der Waals surface area (Å²) >= 11 is 0. The van der Waals surface area contributed by atoms with Crippen LogP contribution >= 0.6 is 0 Å². The molecule has 1 saturated carbocycles. The number of ether oxygens (including phenoxy) is 2. The second-order valence-electron chi connectivity index (χ2n) is 8.21. The van der Waals surface area contributed by atoms with Gasteiger partial charge in [-0.25, -0.2) is 10.5 Å². The van der Waals surface area contributed by atoms with Crippen LogP contribution in [0.5, 0.6) is 11.5 Å². The number of rotatable bonds is 8. The minimum atomic E-state index is -0.590. The topological polar surface area (TPSA) is 117 Å². The lowest BCUT2D eigenvalue weighted by Crippen LogP contribution is -2.30. The second kappa shape index (κ2) is 10.5. The van der Waals surface area contributed by atoms with Crippen molar-refractivity contribution in [2.75, 3.05) is 26.6 Å². The van der Waals surface area contributed by atoms with E-state index in [1.807, 2.05) is 16.7 Å². The van der Waals surface area contributed by atoms with Gasteiger partial charge in [-0.2, -0.15) is 4.98 Å². The van der Waals surface area contributed by atoms with Gasteiger partial charge in [-0.3, -0.25) is 14.4 Å². The summed E-state index contributed by atoms with van der Waals surface area (Å²) in [5.41, 5.74) is 3.25. The van der Waals surface area contributed by atoms with Crippen molar-refractivity contribution in [2.24, 2.45) is 0 Å². The Labute approximate surface area is 197 Å². The predicted octanol–water partition coefficient (Wildman–Crippen LogP) is 3.22. The number of carbonyl (C=O) groups excluding carboxylic acids is 1. The third-order valence-corrected chi connectivity index (χ3v) is 6.04. The van der Waals surface area contributed by atoms with Crippen LogP contribution in [0.25, 0.3) is 11.0 Å². The lowest BCUT2D eigenvalue weighted by Gasteiger charge is -2.26. The quantitative estimate of drug-likeness (QED) is 0.485. The van der Waals surface area contributed by atoms with Gasteiger partial charge in [-0.15, -0.1) is 0 Å². The molecule has 0 bridgehead atoms. The summed E-state index contributed by atoms with van der Waals surface area (Å²) in [5.74, 6) is 1.16. The van der Waals surface area contributed by atoms with Crippen molar-refractivity contribution in [2.45, 2.75) is 44.7 Å². The van der Waals surface area contributed by atoms with E-state index in [0.29, 0.717) is 35.0 Å². The van der Waals surface area contributed by atoms with Gasteiger partial charge in [0.15, 0.2) is 0 Å². The molecule has 1 amide bonds. The molecule has 0 atom stereocenters. The molecular weight excluding hydrogens is 438 g/mol. The SMILES string of the molecule is CONC(=O)c1cn(C2CCCCC2)c2nc(NCc3cc(OC)cc(OC)c3)ncc2c1=O. The molecule has 0 unspecified atom stereocenters. The minimum Gasteiger partial charge on any atom is -0.497 e. The van der Waals surface area contributed by atoms with E-state index in [4.69, 9.17) is 14.3 Å². The van der Waals surface area contributed by atoms with E-state index in [2.05, 4.69) is 20.8 Å². The number of amides is 1. The number of nitrogens with zero attached hydrogens (tertiary/aromatic N) is 3. The Morgan fingerprint density at radius 1 is 1.09 bits per heavy atom. The van der Waals surface area contributed by atoms with E-state index < -0.39 is 11.3 Å². The van der Waals surface area contributed by atoms with Crippen LogP contribution in [0.4, 0.5) is 5.95 Å². The van der Waals surface area contributed by atoms with Gasteiger partial charge < -0.3 is 19.4 Å². The maximum absolute atomic E-state index is 13.1. The first-order valence-electron chi connectivity index (χ1n) is 11.2. The smallest absolute Gasteiger partial charge is 0.280 e. The van der Waals surface area contributed by atoms with Crippen LogP contribution in [-0.2, 0) is 11.4 Å². The fraction of sp³-hybridized carbons (Fsp3) is 0.417. The molecule has 10 nitrogen and oxygen atoms in total. The molecule has 34 heavy (non-hydrogen) atoms. The average molecular weight is 468 g/mol. The number of anilines is 1. The highest BCUT2D eigenvalue weighted by atomic mass is 16.6. The number of fused-ring (bicyclic) bond motifs is 1. The molecule has 0 saturated heterocycles. The van der Waals surface area contributed by atoms with Gasteiger partial charge >= 0.3 is 0 Å². The van der Waals surface area contributed by atoms with E-state index in [1.54, 1.807) is 26.5 Å². The Bertz CT molecular complexity index is 1210. The third kappa shape index (κ3) is 4.96. The van der Waals surface area contributed by atoms with Crippen LogP contribution in [-0.4, -0.2) is 41.8 Å². The Morgan fingerprint density at radius 3 is 2.44 bits per heavy atom. The molecule has 1 aliphatic carbocycles. The Hall–Kier alpha value is -3.66. The van der Waals surface area contributed by atoms with Crippen molar-refractivity contribution in [3.05, 3.63) is 51.9 Å². The highest BCUT2D eigenvalue weighted by Gasteiger charge is 2.22. The Balaban J connectivity index is 1.71. The molecule has 1 aromatic carbocycles. The Morgan fingerprint density at radius 2 is 1.79 bits per heavy atom. The molecule has 0 aliphatic heterocycles. The first-order chi connectivity index (χ1) is 16.5. The number of nitrogens with one attached hydrogen (secondary N) is 2. The standard InChI is InChI=1S/C24H29N5O5/c1-32-17-9-15(10-18(11-17)33-2)12-25-24-26-13-19-21(30)20(23(31)28-34-3)14-29(22(19)27-24)16-7-5-4-6-8-16/h9-11,13-14,16H,4-8,12H2,1-3H3,(H,28,31)(H,25,26,27). The number of hydrogen-bond donors (Lipinski definition) is 2. The van der Waals surface area contributed by atoms with Crippen LogP contribution in [0.15, 0.2) is 35.4 Å². The highest BCUT2D eigenvalue weighted by Crippen LogP contribution is 2.30. The summed E-state index contributed by atoms with van der Waals surface area (Å²) in [6.07, 6.45) is 8.34. The molecule has 180 valence electrons. The number of carbonyl (C=O) groups is 1. The van der Waals surface area contributed by atoms with Crippen molar-refractivity contribution in [1.29, 1.82) is 0 Å². The van der Waals surface area contributed by atoms with Crippen molar-refractivity contribution in [1.82, 2.24) is 20.0 Å². The fourth-order valence-electron chi connectivity index (χ4n) is 4.32. The van der Waals surface area contributed by atoms with E-state index in [9.17, 15) is 9.59 Å². The normalized spacial score (nSPS) is 14.1. The number of benzene rings is 1. The molecular formula is C24H29N5O5. The van der Waals surface area contributed by atoms with Crippen LogP contribution in [0, 0.1) is 0 Å². The van der Waals surface area contributed by atoms with Crippen LogP contribution in [0.1, 0.15) is 54.1 Å². The van der Waals surface area contributed by atoms with Crippen molar-refractivity contribution < 1.29 is 19.1 Å². The van der Waals surface area contributed by atoms with Gasteiger partial charge in [-0.1, -0.05) is 19.3 Å². The predicted molar refractivity (Wildman–Crippen MR) is 127 cm³/mol. The largest absolute Gasteiger partial charge is 0.497 e. The summed E-state index contributed by atoms with van der Waals surface area (Å²) in [5, 5.41) is 3.51. The summed E-state index contributed by atoms with van der Waals surface area (Å²) in [4.78, 5) is 39.2. The number of pyridine rings is 1. The molecule has 3 aromatic rings. The molecule has 0 spiro atoms. The van der Waals surface area contributed by atoms with Crippen molar-refractivity contribution >= 4 is 22.9 Å². The van der Waals surface area contributed by atoms with E-state index in [1.165, 1.54) is 19.7 Å². The first-order valence-corrected chi connectivity index (χ1v) is 11.2. The highest BCUT2D eigenvalue weighted by molar-refractivity contribution is 5.96. The number of hydroxylamine groups is 1. The summed E-state index contributed by atoms with van der Waals surface area (Å²) in [7, 11) is 4.53.